The van der Waals surface area contributed by atoms with Crippen LogP contribution in [0.3, 0.4) is 0 Å². The van der Waals surface area contributed by atoms with E-state index in [1.54, 1.807) is 18.4 Å². The van der Waals surface area contributed by atoms with E-state index in [0.717, 1.165) is 22.7 Å². The number of methoxy groups -OCH3 is 1. The number of fused-ring (bicyclic) bond motifs is 1. The predicted octanol–water partition coefficient (Wildman–Crippen LogP) is 3.20. The van der Waals surface area contributed by atoms with Crippen LogP contribution in [-0.2, 0) is 6.42 Å². The molecule has 0 amide bonds. The van der Waals surface area contributed by atoms with Crippen LogP contribution in [0.2, 0.25) is 0 Å². The second-order valence-corrected chi connectivity index (χ2v) is 5.94. The standard InChI is InChI=1S/C15H18N2OS/c1-18-12-7-3-2-6-11(12)15-17-14-10(9-16)5-4-8-13(14)19-15/h2-3,6-7,10H,4-5,8-9,16H2,1H3. The average Bonchev–Trinajstić information content (AvgIpc) is 2.90. The number of thiazole rings is 1. The molecule has 1 aromatic heterocycles. The molecule has 100 valence electrons. The molecule has 4 heteroatoms. The van der Waals surface area contributed by atoms with Crippen molar-refractivity contribution in [1.29, 1.82) is 0 Å². The van der Waals surface area contributed by atoms with Gasteiger partial charge in [0.2, 0.25) is 0 Å². The quantitative estimate of drug-likeness (QED) is 0.935. The molecule has 19 heavy (non-hydrogen) atoms. The van der Waals surface area contributed by atoms with E-state index in [2.05, 4.69) is 6.07 Å². The van der Waals surface area contributed by atoms with Crippen molar-refractivity contribution < 1.29 is 4.74 Å². The summed E-state index contributed by atoms with van der Waals surface area (Å²) in [7, 11) is 1.70. The van der Waals surface area contributed by atoms with Crippen molar-refractivity contribution in [2.75, 3.05) is 13.7 Å². The molecule has 0 saturated heterocycles. The van der Waals surface area contributed by atoms with Crippen molar-refractivity contribution >= 4 is 11.3 Å². The fourth-order valence-electron chi connectivity index (χ4n) is 2.67. The van der Waals surface area contributed by atoms with Gasteiger partial charge in [0.25, 0.3) is 0 Å². The monoisotopic (exact) mass is 274 g/mol. The number of hydrogen-bond acceptors (Lipinski definition) is 4. The van der Waals surface area contributed by atoms with Gasteiger partial charge in [-0.2, -0.15) is 0 Å². The Morgan fingerprint density at radius 2 is 2.26 bits per heavy atom. The molecule has 1 unspecified atom stereocenters. The third kappa shape index (κ3) is 2.26. The number of ether oxygens (including phenoxy) is 1. The van der Waals surface area contributed by atoms with E-state index in [4.69, 9.17) is 15.5 Å². The fourth-order valence-corrected chi connectivity index (χ4v) is 3.89. The van der Waals surface area contributed by atoms with Crippen molar-refractivity contribution in [3.05, 3.63) is 34.8 Å². The van der Waals surface area contributed by atoms with Gasteiger partial charge in [-0.25, -0.2) is 4.98 Å². The Labute approximate surface area is 117 Å². The third-order valence-corrected chi connectivity index (χ3v) is 4.86. The van der Waals surface area contributed by atoms with Crippen molar-refractivity contribution in [3.63, 3.8) is 0 Å². The average molecular weight is 274 g/mol. The summed E-state index contributed by atoms with van der Waals surface area (Å²) in [6, 6.07) is 8.06. The summed E-state index contributed by atoms with van der Waals surface area (Å²) < 4.78 is 5.43. The van der Waals surface area contributed by atoms with E-state index in [9.17, 15) is 0 Å². The summed E-state index contributed by atoms with van der Waals surface area (Å²) in [6.45, 7) is 0.697. The Morgan fingerprint density at radius 1 is 1.42 bits per heavy atom. The number of aryl methyl sites for hydroxylation is 1. The molecule has 0 fully saturated rings. The highest BCUT2D eigenvalue weighted by molar-refractivity contribution is 7.15. The van der Waals surface area contributed by atoms with Gasteiger partial charge < -0.3 is 10.5 Å². The number of aromatic nitrogens is 1. The molecule has 1 aliphatic rings. The molecule has 2 N–H and O–H groups in total. The highest BCUT2D eigenvalue weighted by Crippen LogP contribution is 2.40. The molecule has 1 heterocycles. The minimum atomic E-state index is 0.434. The molecule has 0 spiro atoms. The zero-order valence-corrected chi connectivity index (χ0v) is 11.9. The van der Waals surface area contributed by atoms with Gasteiger partial charge in [0, 0.05) is 17.3 Å². The summed E-state index contributed by atoms with van der Waals surface area (Å²) in [4.78, 5) is 6.25. The van der Waals surface area contributed by atoms with Crippen LogP contribution in [0.25, 0.3) is 10.6 Å². The van der Waals surface area contributed by atoms with E-state index < -0.39 is 0 Å². The van der Waals surface area contributed by atoms with Crippen molar-refractivity contribution in [2.24, 2.45) is 5.73 Å². The van der Waals surface area contributed by atoms with Gasteiger partial charge in [-0.1, -0.05) is 12.1 Å². The van der Waals surface area contributed by atoms with E-state index in [1.807, 2.05) is 18.2 Å². The molecule has 0 radical (unpaired) electrons. The topological polar surface area (TPSA) is 48.1 Å². The van der Waals surface area contributed by atoms with E-state index in [1.165, 1.54) is 23.4 Å². The minimum absolute atomic E-state index is 0.434. The number of nitrogens with two attached hydrogens (primary N) is 1. The second kappa shape index (κ2) is 5.31. The van der Waals surface area contributed by atoms with Gasteiger partial charge in [-0.3, -0.25) is 0 Å². The van der Waals surface area contributed by atoms with Crippen LogP contribution in [0.1, 0.15) is 29.3 Å². The first-order valence-corrected chi connectivity index (χ1v) is 7.48. The highest BCUT2D eigenvalue weighted by atomic mass is 32.1. The van der Waals surface area contributed by atoms with Crippen LogP contribution in [0.15, 0.2) is 24.3 Å². The maximum absolute atomic E-state index is 5.86. The SMILES string of the molecule is COc1ccccc1-c1nc2c(s1)CCCC2CN. The molecule has 3 nitrogen and oxygen atoms in total. The van der Waals surface area contributed by atoms with Crippen molar-refractivity contribution in [1.82, 2.24) is 4.98 Å². The molecule has 3 rings (SSSR count). The largest absolute Gasteiger partial charge is 0.496 e. The molecule has 0 aliphatic heterocycles. The Balaban J connectivity index is 2.05. The highest BCUT2D eigenvalue weighted by Gasteiger charge is 2.24. The normalized spacial score (nSPS) is 18.1. The maximum atomic E-state index is 5.86. The van der Waals surface area contributed by atoms with Crippen LogP contribution < -0.4 is 10.5 Å². The second-order valence-electron chi connectivity index (χ2n) is 4.85. The summed E-state index contributed by atoms with van der Waals surface area (Å²) >= 11 is 1.79. The molecule has 0 bridgehead atoms. The van der Waals surface area contributed by atoms with Gasteiger partial charge in [-0.05, 0) is 31.4 Å². The first-order chi connectivity index (χ1) is 9.33. The summed E-state index contributed by atoms with van der Waals surface area (Å²) in [5, 5.41) is 1.06. The van der Waals surface area contributed by atoms with Crippen LogP contribution in [0.5, 0.6) is 5.75 Å². The van der Waals surface area contributed by atoms with Crippen molar-refractivity contribution in [3.8, 4) is 16.3 Å². The molecule has 2 aromatic rings. The smallest absolute Gasteiger partial charge is 0.129 e. The Kier molecular flexibility index (Phi) is 3.53. The number of hydrogen-bond donors (Lipinski definition) is 1. The van der Waals surface area contributed by atoms with Gasteiger partial charge in [0.05, 0.1) is 18.4 Å². The van der Waals surface area contributed by atoms with Crippen LogP contribution >= 0.6 is 11.3 Å². The van der Waals surface area contributed by atoms with Gasteiger partial charge in [-0.15, -0.1) is 11.3 Å². The Morgan fingerprint density at radius 3 is 3.05 bits per heavy atom. The maximum Gasteiger partial charge on any atom is 0.129 e. The molecule has 1 atom stereocenters. The van der Waals surface area contributed by atoms with Crippen molar-refractivity contribution in [2.45, 2.75) is 25.2 Å². The number of benzene rings is 1. The predicted molar refractivity (Wildman–Crippen MR) is 78.8 cm³/mol. The van der Waals surface area contributed by atoms with Gasteiger partial charge in [0.15, 0.2) is 0 Å². The molecular formula is C15H18N2OS. The molecule has 1 aromatic carbocycles. The molecule has 0 saturated carbocycles. The lowest BCUT2D eigenvalue weighted by Crippen LogP contribution is -2.17. The third-order valence-electron chi connectivity index (χ3n) is 3.69. The summed E-state index contributed by atoms with van der Waals surface area (Å²) in [5.41, 5.74) is 8.17. The van der Waals surface area contributed by atoms with Crippen LogP contribution in [-0.4, -0.2) is 18.6 Å². The zero-order chi connectivity index (χ0) is 13.2. The van der Waals surface area contributed by atoms with E-state index in [0.29, 0.717) is 12.5 Å². The fraction of sp³-hybridized carbons (Fsp3) is 0.400. The number of rotatable bonds is 3. The zero-order valence-electron chi connectivity index (χ0n) is 11.1. The number of para-hydroxylation sites is 1. The summed E-state index contributed by atoms with van der Waals surface area (Å²) in [6.07, 6.45) is 3.53. The minimum Gasteiger partial charge on any atom is -0.496 e. The van der Waals surface area contributed by atoms with Gasteiger partial charge in [0.1, 0.15) is 10.8 Å². The molecule has 1 aliphatic carbocycles. The lowest BCUT2D eigenvalue weighted by Gasteiger charge is -2.18. The lowest BCUT2D eigenvalue weighted by molar-refractivity contribution is 0.416. The van der Waals surface area contributed by atoms with Crippen LogP contribution in [0.4, 0.5) is 0 Å². The summed E-state index contributed by atoms with van der Waals surface area (Å²) in [5.74, 6) is 1.32. The Hall–Kier alpha value is -1.39. The van der Waals surface area contributed by atoms with Gasteiger partial charge >= 0.3 is 0 Å². The van der Waals surface area contributed by atoms with E-state index >= 15 is 0 Å². The number of nitrogens with zero attached hydrogens (tertiary/aromatic N) is 1. The van der Waals surface area contributed by atoms with Crippen LogP contribution in [0, 0.1) is 0 Å². The van der Waals surface area contributed by atoms with E-state index in [-0.39, 0.29) is 0 Å². The lowest BCUT2D eigenvalue weighted by atomic mass is 9.91. The first-order valence-electron chi connectivity index (χ1n) is 6.66. The first kappa shape index (κ1) is 12.6. The Bertz CT molecular complexity index is 579. The molecular weight excluding hydrogens is 256 g/mol.